The summed E-state index contributed by atoms with van der Waals surface area (Å²) in [6.45, 7) is 2.26. The van der Waals surface area contributed by atoms with Crippen LogP contribution in [0.2, 0.25) is 0 Å². The van der Waals surface area contributed by atoms with Crippen molar-refractivity contribution in [1.29, 1.82) is 0 Å². The number of hydrogen-bond donors (Lipinski definition) is 0. The minimum atomic E-state index is 0.198. The Morgan fingerprint density at radius 2 is 1.58 bits per heavy atom. The monoisotopic (exact) mass is 415 g/mol. The Morgan fingerprint density at radius 1 is 1.00 bits per heavy atom. The van der Waals surface area contributed by atoms with Gasteiger partial charge in [-0.05, 0) is 17.8 Å². The Hall–Kier alpha value is -1.87. The fourth-order valence-electron chi connectivity index (χ4n) is 3.16. The number of aryl methyl sites for hydroxylation is 1. The average molecular weight is 417 g/mol. The van der Waals surface area contributed by atoms with Crippen LogP contribution < -0.4 is 4.74 Å². The molecule has 26 heavy (non-hydrogen) atoms. The predicted molar refractivity (Wildman–Crippen MR) is 103 cm³/mol. The number of aromatic nitrogens is 1. The predicted octanol–water partition coefficient (Wildman–Crippen LogP) is 5.56. The molecule has 1 heterocycles. The van der Waals surface area contributed by atoms with Gasteiger partial charge in [-0.25, -0.2) is 0 Å². The summed E-state index contributed by atoms with van der Waals surface area (Å²) in [6, 6.07) is 24.1. The van der Waals surface area contributed by atoms with E-state index in [0.717, 1.165) is 39.6 Å². The van der Waals surface area contributed by atoms with Crippen molar-refractivity contribution in [3.63, 3.8) is 0 Å². The van der Waals surface area contributed by atoms with Gasteiger partial charge < -0.3 is 14.0 Å². The molecule has 0 aliphatic carbocycles. The minimum absolute atomic E-state index is 0.198. The first-order valence-corrected chi connectivity index (χ1v) is 12.1. The Bertz CT molecular complexity index is 976. The van der Waals surface area contributed by atoms with Crippen molar-refractivity contribution in [3.8, 4) is 11.4 Å². The second-order valence-electron chi connectivity index (χ2n) is 5.81. The van der Waals surface area contributed by atoms with Crippen molar-refractivity contribution < 1.29 is 26.8 Å². The van der Waals surface area contributed by atoms with Gasteiger partial charge in [0.25, 0.3) is 0 Å². The van der Waals surface area contributed by atoms with Gasteiger partial charge >= 0.3 is 27.0 Å². The maximum atomic E-state index is 5.76. The Morgan fingerprint density at radius 3 is 2.15 bits per heavy atom. The fourth-order valence-corrected chi connectivity index (χ4v) is 3.16. The Labute approximate surface area is 167 Å². The van der Waals surface area contributed by atoms with E-state index in [1.165, 1.54) is 10.8 Å². The van der Waals surface area contributed by atoms with Crippen molar-refractivity contribution in [2.45, 2.75) is 6.92 Å². The molecule has 0 spiro atoms. The first-order chi connectivity index (χ1) is 12.8. The van der Waals surface area contributed by atoms with Crippen LogP contribution in [0, 0.1) is 13.0 Å². The van der Waals surface area contributed by atoms with Crippen LogP contribution in [-0.4, -0.2) is 18.5 Å². The summed E-state index contributed by atoms with van der Waals surface area (Å²) in [5.74, 6) is 0.689. The molecule has 5 heteroatoms. The number of methoxy groups -OCH3 is 1. The molecule has 0 bridgehead atoms. The standard InChI is InChI=1S/C21H18NO2.ClH.Zn/c1-15-11-12-21(24-14-23-2)20(13-15)22-18-9-5-3-7-16(18)17-8-4-6-10-19(17)22;;/h3-11,13H,14H2,1-2H3;1H;/q-1;;+2/p-1. The molecular formula is C21H18ClNO2Zn. The molecule has 0 fully saturated rings. The summed E-state index contributed by atoms with van der Waals surface area (Å²) in [7, 11) is 6.38. The number of rotatable bonds is 4. The zero-order valence-electron chi connectivity index (χ0n) is 14.8. The molecule has 3 nitrogen and oxygen atoms in total. The molecule has 0 atom stereocenters. The van der Waals surface area contributed by atoms with Gasteiger partial charge in [0, 0.05) is 34.7 Å². The molecule has 128 valence electrons. The number of para-hydroxylation sites is 2. The first-order valence-electron chi connectivity index (χ1n) is 8.19. The van der Waals surface area contributed by atoms with E-state index < -0.39 is 0 Å². The summed E-state index contributed by atoms with van der Waals surface area (Å²) in [5.41, 5.74) is 4.42. The van der Waals surface area contributed by atoms with Gasteiger partial charge in [0.2, 0.25) is 0 Å². The molecule has 0 amide bonds. The van der Waals surface area contributed by atoms with Crippen molar-refractivity contribution >= 4 is 31.5 Å². The van der Waals surface area contributed by atoms with Crippen molar-refractivity contribution in [3.05, 3.63) is 72.3 Å². The molecular weight excluding hydrogens is 399 g/mol. The van der Waals surface area contributed by atoms with Crippen LogP contribution in [0.4, 0.5) is 0 Å². The summed E-state index contributed by atoms with van der Waals surface area (Å²) >= 11 is 0.847. The molecule has 0 saturated heterocycles. The van der Waals surface area contributed by atoms with Crippen LogP contribution in [-0.2, 0) is 22.0 Å². The van der Waals surface area contributed by atoms with Gasteiger partial charge in [0.1, 0.15) is 0 Å². The van der Waals surface area contributed by atoms with Gasteiger partial charge in [-0.1, -0.05) is 43.3 Å². The van der Waals surface area contributed by atoms with E-state index in [0.29, 0.717) is 5.75 Å². The number of nitrogens with zero attached hydrogens (tertiary/aromatic N) is 1. The molecule has 1 aromatic heterocycles. The fraction of sp³-hybridized carbons (Fsp3) is 0.143. The molecule has 0 radical (unpaired) electrons. The summed E-state index contributed by atoms with van der Waals surface area (Å²) in [6.07, 6.45) is 0. The zero-order valence-corrected chi connectivity index (χ0v) is 18.6. The number of halogens is 1. The van der Waals surface area contributed by atoms with E-state index in [2.05, 4.69) is 72.2 Å². The Kier molecular flexibility index (Phi) is 6.31. The SMILES string of the molecule is COCOc1[c-]cc(C)cc1-n1c2ccccc2c2ccccc21.[Cl][Zn+]. The maximum absolute atomic E-state index is 5.76. The third-order valence-corrected chi connectivity index (χ3v) is 4.17. The third kappa shape index (κ3) is 3.50. The van der Waals surface area contributed by atoms with Crippen molar-refractivity contribution in [2.24, 2.45) is 0 Å². The van der Waals surface area contributed by atoms with E-state index in [9.17, 15) is 0 Å². The normalized spacial score (nSPS) is 10.7. The third-order valence-electron chi connectivity index (χ3n) is 4.17. The van der Waals surface area contributed by atoms with E-state index in [1.807, 2.05) is 6.07 Å². The first kappa shape index (κ1) is 18.9. The van der Waals surface area contributed by atoms with Crippen LogP contribution in [0.3, 0.4) is 0 Å². The molecule has 0 N–H and O–H groups in total. The molecule has 0 aliphatic rings. The molecule has 3 aromatic carbocycles. The zero-order chi connectivity index (χ0) is 18.5. The van der Waals surface area contributed by atoms with Crippen molar-refractivity contribution in [1.82, 2.24) is 4.57 Å². The van der Waals surface area contributed by atoms with E-state index in [-0.39, 0.29) is 6.79 Å². The molecule has 0 unspecified atom stereocenters. The number of benzene rings is 3. The van der Waals surface area contributed by atoms with Crippen LogP contribution in [0.5, 0.6) is 5.75 Å². The molecule has 0 saturated carbocycles. The average Bonchev–Trinajstić information content (AvgIpc) is 3.03. The molecule has 4 rings (SSSR count). The summed E-state index contributed by atoms with van der Waals surface area (Å²) in [4.78, 5) is 0. The second-order valence-corrected chi connectivity index (χ2v) is 5.81. The van der Waals surface area contributed by atoms with Gasteiger partial charge in [0.05, 0.1) is 0 Å². The van der Waals surface area contributed by atoms with Gasteiger partial charge in [0.15, 0.2) is 6.79 Å². The summed E-state index contributed by atoms with van der Waals surface area (Å²) < 4.78 is 13.1. The van der Waals surface area contributed by atoms with Crippen LogP contribution in [0.25, 0.3) is 27.5 Å². The molecule has 4 aromatic rings. The van der Waals surface area contributed by atoms with E-state index >= 15 is 0 Å². The molecule has 0 aliphatic heterocycles. The summed E-state index contributed by atoms with van der Waals surface area (Å²) in [5, 5.41) is 2.46. The number of ether oxygens (including phenoxy) is 2. The number of hydrogen-bond acceptors (Lipinski definition) is 2. The van der Waals surface area contributed by atoms with Crippen molar-refractivity contribution in [2.75, 3.05) is 13.9 Å². The van der Waals surface area contributed by atoms with Gasteiger partial charge in [-0.15, -0.1) is 12.1 Å². The van der Waals surface area contributed by atoms with Crippen LogP contribution in [0.15, 0.2) is 60.7 Å². The van der Waals surface area contributed by atoms with E-state index in [1.54, 1.807) is 7.11 Å². The van der Waals surface area contributed by atoms with Gasteiger partial charge in [-0.3, -0.25) is 0 Å². The van der Waals surface area contributed by atoms with E-state index in [4.69, 9.17) is 19.2 Å². The topological polar surface area (TPSA) is 23.4 Å². The second kappa shape index (κ2) is 8.68. The Balaban J connectivity index is 0.000000948. The quantitative estimate of drug-likeness (QED) is 0.247. The van der Waals surface area contributed by atoms with Crippen LogP contribution in [0.1, 0.15) is 5.56 Å². The number of fused-ring (bicyclic) bond motifs is 3. The van der Waals surface area contributed by atoms with Gasteiger partial charge in [-0.2, -0.15) is 11.6 Å². The van der Waals surface area contributed by atoms with Crippen LogP contribution >= 0.6 is 9.69 Å².